The van der Waals surface area contributed by atoms with Crippen LogP contribution in [0.3, 0.4) is 0 Å². The fraction of sp³-hybridized carbons (Fsp3) is 0.824. The number of hydrogen-bond acceptors (Lipinski definition) is 3. The van der Waals surface area contributed by atoms with Crippen LogP contribution >= 0.6 is 0 Å². The van der Waals surface area contributed by atoms with E-state index in [1.807, 2.05) is 6.92 Å². The smallest absolute Gasteiger partial charge is 0.248 e. The van der Waals surface area contributed by atoms with Crippen LogP contribution in [0.1, 0.15) is 54.9 Å². The molecule has 0 spiro atoms. The summed E-state index contributed by atoms with van der Waals surface area (Å²) in [7, 11) is -0.601. The molecule has 0 fully saturated rings. The van der Waals surface area contributed by atoms with Gasteiger partial charge >= 0.3 is 0 Å². The summed E-state index contributed by atoms with van der Waals surface area (Å²) in [4.78, 5) is 12.0. The van der Waals surface area contributed by atoms with Crippen LogP contribution < -0.4 is 5.73 Å². The Balaban J connectivity index is 5.67. The zero-order chi connectivity index (χ0) is 17.7. The second-order valence-corrected chi connectivity index (χ2v) is 12.6. The lowest BCUT2D eigenvalue weighted by atomic mass is 10.1. The Kier molecular flexibility index (Phi) is 8.58. The van der Waals surface area contributed by atoms with Crippen molar-refractivity contribution in [2.75, 3.05) is 7.11 Å². The third-order valence-electron chi connectivity index (χ3n) is 4.51. The third kappa shape index (κ3) is 4.93. The summed E-state index contributed by atoms with van der Waals surface area (Å²) in [5, 5.41) is 0. The minimum Gasteiger partial charge on any atom is -0.402 e. The van der Waals surface area contributed by atoms with Gasteiger partial charge in [-0.25, -0.2) is 0 Å². The molecule has 4 nitrogen and oxygen atoms in total. The van der Waals surface area contributed by atoms with Gasteiger partial charge in [0.2, 0.25) is 14.2 Å². The maximum Gasteiger partial charge on any atom is 0.248 e. The van der Waals surface area contributed by atoms with Gasteiger partial charge in [0, 0.05) is 7.11 Å². The van der Waals surface area contributed by atoms with Crippen molar-refractivity contribution in [3.8, 4) is 0 Å². The molecule has 0 heterocycles. The van der Waals surface area contributed by atoms with Gasteiger partial charge in [0.1, 0.15) is 0 Å². The van der Waals surface area contributed by atoms with E-state index in [2.05, 4.69) is 48.1 Å². The van der Waals surface area contributed by atoms with Gasteiger partial charge in [0.25, 0.3) is 0 Å². The molecule has 1 amide bonds. The van der Waals surface area contributed by atoms with Gasteiger partial charge in [0.15, 0.2) is 6.10 Å². The molecular weight excluding hydrogens is 294 g/mol. The van der Waals surface area contributed by atoms with Crippen LogP contribution in [0.5, 0.6) is 0 Å². The lowest BCUT2D eigenvalue weighted by Crippen LogP contribution is -2.56. The van der Waals surface area contributed by atoms with Crippen molar-refractivity contribution in [2.45, 2.75) is 83.7 Å². The van der Waals surface area contributed by atoms with E-state index >= 15 is 0 Å². The van der Waals surface area contributed by atoms with Gasteiger partial charge in [-0.2, -0.15) is 0 Å². The van der Waals surface area contributed by atoms with Gasteiger partial charge in [-0.1, -0.05) is 47.1 Å². The Bertz CT molecular complexity index is 358. The van der Waals surface area contributed by atoms with E-state index in [0.29, 0.717) is 23.0 Å². The SMILES string of the molecule is C=C(C)C[C@H](OC)[C@H](O[Si](C(C)C)(C(C)C)C(C)C)C(N)=O. The van der Waals surface area contributed by atoms with Gasteiger partial charge in [-0.05, 0) is 30.0 Å². The standard InChI is InChI=1S/C17H35NO3Si/c1-11(2)10-15(20-9)16(17(18)19)21-22(12(3)4,13(5)6)14(7)8/h12-16H,1,10H2,2-9H3,(H2,18,19)/t15-,16-/m0/s1. The lowest BCUT2D eigenvalue weighted by molar-refractivity contribution is -0.132. The van der Waals surface area contributed by atoms with Crippen LogP contribution in [0, 0.1) is 0 Å². The van der Waals surface area contributed by atoms with Crippen molar-refractivity contribution in [1.82, 2.24) is 0 Å². The molecule has 0 saturated carbocycles. The van der Waals surface area contributed by atoms with E-state index in [0.717, 1.165) is 5.57 Å². The Labute approximate surface area is 137 Å². The second-order valence-electron chi connectivity index (χ2n) is 7.19. The first-order valence-corrected chi connectivity index (χ1v) is 10.3. The van der Waals surface area contributed by atoms with Gasteiger partial charge in [-0.15, -0.1) is 6.58 Å². The molecular formula is C17H35NO3Si. The van der Waals surface area contributed by atoms with Crippen molar-refractivity contribution in [3.63, 3.8) is 0 Å². The molecule has 2 atom stereocenters. The van der Waals surface area contributed by atoms with Crippen molar-refractivity contribution in [3.05, 3.63) is 12.2 Å². The van der Waals surface area contributed by atoms with Crippen LogP contribution in [0.4, 0.5) is 0 Å². The molecule has 0 aliphatic heterocycles. The van der Waals surface area contributed by atoms with E-state index in [1.54, 1.807) is 7.11 Å². The zero-order valence-corrected chi connectivity index (χ0v) is 16.6. The fourth-order valence-corrected chi connectivity index (χ4v) is 9.13. The predicted octanol–water partition coefficient (Wildman–Crippen LogP) is 4.01. The molecule has 0 aromatic rings. The highest BCUT2D eigenvalue weighted by Gasteiger charge is 2.48. The average Bonchev–Trinajstić information content (AvgIpc) is 2.35. The molecule has 0 rings (SSSR count). The van der Waals surface area contributed by atoms with Crippen LogP contribution in [0.15, 0.2) is 12.2 Å². The first-order valence-electron chi connectivity index (χ1n) is 8.14. The van der Waals surface area contributed by atoms with E-state index in [1.165, 1.54) is 0 Å². The Morgan fingerprint density at radius 2 is 1.50 bits per heavy atom. The third-order valence-corrected chi connectivity index (χ3v) is 10.6. The summed E-state index contributed by atoms with van der Waals surface area (Å²) >= 11 is 0. The molecule has 0 aromatic heterocycles. The number of methoxy groups -OCH3 is 1. The highest BCUT2D eigenvalue weighted by molar-refractivity contribution is 6.77. The van der Waals surface area contributed by atoms with E-state index in [-0.39, 0.29) is 6.10 Å². The molecule has 2 N–H and O–H groups in total. The highest BCUT2D eigenvalue weighted by Crippen LogP contribution is 2.43. The molecule has 0 saturated heterocycles. The lowest BCUT2D eigenvalue weighted by Gasteiger charge is -2.45. The topological polar surface area (TPSA) is 61.6 Å². The molecule has 0 unspecified atom stereocenters. The molecule has 0 aliphatic rings. The summed E-state index contributed by atoms with van der Waals surface area (Å²) in [6, 6.07) is 0. The minimum atomic E-state index is -2.19. The van der Waals surface area contributed by atoms with Crippen molar-refractivity contribution < 1.29 is 14.0 Å². The summed E-state index contributed by atoms with van der Waals surface area (Å²) < 4.78 is 12.0. The Morgan fingerprint density at radius 1 is 1.09 bits per heavy atom. The van der Waals surface area contributed by atoms with Gasteiger partial charge < -0.3 is 14.9 Å². The van der Waals surface area contributed by atoms with Crippen LogP contribution in [-0.2, 0) is 14.0 Å². The monoisotopic (exact) mass is 329 g/mol. The quantitative estimate of drug-likeness (QED) is 0.486. The number of ether oxygens (including phenoxy) is 1. The van der Waals surface area contributed by atoms with Crippen LogP contribution in [0.25, 0.3) is 0 Å². The number of carbonyl (C=O) groups excluding carboxylic acids is 1. The van der Waals surface area contributed by atoms with Crippen molar-refractivity contribution >= 4 is 14.2 Å². The maximum absolute atomic E-state index is 12.0. The number of hydrogen-bond donors (Lipinski definition) is 1. The van der Waals surface area contributed by atoms with E-state index in [9.17, 15) is 4.79 Å². The largest absolute Gasteiger partial charge is 0.402 e. The number of rotatable bonds is 10. The fourth-order valence-electron chi connectivity index (χ4n) is 3.60. The van der Waals surface area contributed by atoms with Crippen molar-refractivity contribution in [2.24, 2.45) is 5.73 Å². The van der Waals surface area contributed by atoms with E-state index < -0.39 is 20.3 Å². The number of amides is 1. The molecule has 0 aromatic carbocycles. The normalized spacial score (nSPS) is 15.4. The van der Waals surface area contributed by atoms with Crippen LogP contribution in [0.2, 0.25) is 16.6 Å². The molecule has 22 heavy (non-hydrogen) atoms. The summed E-state index contributed by atoms with van der Waals surface area (Å²) in [5.41, 5.74) is 7.75. The Hall–Kier alpha value is -0.653. The molecule has 5 heteroatoms. The maximum atomic E-state index is 12.0. The number of primary amides is 1. The molecule has 130 valence electrons. The average molecular weight is 330 g/mol. The summed E-state index contributed by atoms with van der Waals surface area (Å²) in [6.07, 6.45) is -0.526. The first-order chi connectivity index (χ1) is 10.00. The number of carbonyl (C=O) groups is 1. The summed E-state index contributed by atoms with van der Waals surface area (Å²) in [5.74, 6) is -0.452. The second kappa shape index (κ2) is 8.84. The highest BCUT2D eigenvalue weighted by atomic mass is 28.4. The molecule has 0 radical (unpaired) electrons. The van der Waals surface area contributed by atoms with Crippen molar-refractivity contribution in [1.29, 1.82) is 0 Å². The van der Waals surface area contributed by atoms with Gasteiger partial charge in [-0.3, -0.25) is 4.79 Å². The zero-order valence-electron chi connectivity index (χ0n) is 15.6. The molecule has 0 bridgehead atoms. The van der Waals surface area contributed by atoms with Gasteiger partial charge in [0.05, 0.1) is 6.10 Å². The minimum absolute atomic E-state index is 0.377. The molecule has 0 aliphatic carbocycles. The predicted molar refractivity (Wildman–Crippen MR) is 95.3 cm³/mol. The van der Waals surface area contributed by atoms with E-state index in [4.69, 9.17) is 14.9 Å². The first kappa shape index (κ1) is 21.3. The van der Waals surface area contributed by atoms with Crippen LogP contribution in [-0.4, -0.2) is 33.5 Å². The number of nitrogens with two attached hydrogens (primary N) is 1. The summed E-state index contributed by atoms with van der Waals surface area (Å²) in [6.45, 7) is 18.9. The Morgan fingerprint density at radius 3 is 1.73 bits per heavy atom.